The number of rotatable bonds is 3. The first-order valence-corrected chi connectivity index (χ1v) is 8.99. The lowest BCUT2D eigenvalue weighted by Crippen LogP contribution is -2.48. The Labute approximate surface area is 164 Å². The number of carbonyl (C=O) groups is 1. The number of nitrogens with one attached hydrogen (secondary N) is 1. The number of aromatic nitrogens is 4. The highest BCUT2D eigenvalue weighted by atomic mass is 35.5. The van der Waals surface area contributed by atoms with E-state index in [1.54, 1.807) is 30.0 Å². The second-order valence-electron chi connectivity index (χ2n) is 6.05. The second-order valence-corrected chi connectivity index (χ2v) is 6.87. The van der Waals surface area contributed by atoms with Crippen molar-refractivity contribution >= 4 is 57.7 Å². The van der Waals surface area contributed by atoms with Gasteiger partial charge in [-0.15, -0.1) is 0 Å². The molecule has 0 aliphatic carbocycles. The molecule has 27 heavy (non-hydrogen) atoms. The van der Waals surface area contributed by atoms with E-state index in [0.29, 0.717) is 64.8 Å². The van der Waals surface area contributed by atoms with Gasteiger partial charge in [0.2, 0.25) is 17.2 Å². The Morgan fingerprint density at radius 3 is 2.44 bits per heavy atom. The van der Waals surface area contributed by atoms with Gasteiger partial charge in [-0.1, -0.05) is 23.2 Å². The highest BCUT2D eigenvalue weighted by molar-refractivity contribution is 6.42. The smallest absolute Gasteiger partial charge is 0.245 e. The normalized spacial score (nSPS) is 14.6. The van der Waals surface area contributed by atoms with Crippen LogP contribution in [0.4, 0.5) is 17.3 Å². The predicted octanol–water partition coefficient (Wildman–Crippen LogP) is 2.73. The molecule has 1 N–H and O–H groups in total. The molecule has 140 valence electrons. The standard InChI is InChI=1S/C16H15Cl2N7O2/c1-9(26)24-4-6-25(7-5-24)16-15(20-13-14(21-16)23-27-22-13)19-10-2-3-11(17)12(18)8-10/h2-3,8H,4-7H2,1H3,(H,19,20,22). The fourth-order valence-corrected chi connectivity index (χ4v) is 3.18. The van der Waals surface area contributed by atoms with Gasteiger partial charge in [0.1, 0.15) is 0 Å². The molecule has 4 rings (SSSR count). The van der Waals surface area contributed by atoms with Gasteiger partial charge in [-0.3, -0.25) is 4.79 Å². The number of hydrogen-bond acceptors (Lipinski definition) is 8. The molecule has 1 aliphatic heterocycles. The third kappa shape index (κ3) is 3.60. The number of fused-ring (bicyclic) bond motifs is 1. The van der Waals surface area contributed by atoms with Crippen LogP contribution >= 0.6 is 23.2 Å². The van der Waals surface area contributed by atoms with Crippen LogP contribution in [0.3, 0.4) is 0 Å². The summed E-state index contributed by atoms with van der Waals surface area (Å²) < 4.78 is 4.73. The van der Waals surface area contributed by atoms with Crippen molar-refractivity contribution in [1.82, 2.24) is 25.2 Å². The summed E-state index contributed by atoms with van der Waals surface area (Å²) >= 11 is 12.1. The lowest BCUT2D eigenvalue weighted by Gasteiger charge is -2.35. The van der Waals surface area contributed by atoms with Gasteiger partial charge in [0.15, 0.2) is 11.6 Å². The predicted molar refractivity (Wildman–Crippen MR) is 102 cm³/mol. The summed E-state index contributed by atoms with van der Waals surface area (Å²) in [7, 11) is 0. The third-order valence-electron chi connectivity index (χ3n) is 4.30. The third-order valence-corrected chi connectivity index (χ3v) is 5.04. The van der Waals surface area contributed by atoms with Crippen LogP contribution in [0.5, 0.6) is 0 Å². The van der Waals surface area contributed by atoms with E-state index < -0.39 is 0 Å². The van der Waals surface area contributed by atoms with E-state index in [-0.39, 0.29) is 5.91 Å². The number of halogens is 2. The molecule has 1 aromatic carbocycles. The van der Waals surface area contributed by atoms with Gasteiger partial charge in [-0.05, 0) is 28.5 Å². The maximum Gasteiger partial charge on any atom is 0.245 e. The zero-order valence-electron chi connectivity index (χ0n) is 14.3. The Balaban J connectivity index is 1.67. The molecule has 1 amide bonds. The molecule has 0 atom stereocenters. The zero-order valence-corrected chi connectivity index (χ0v) is 15.8. The average Bonchev–Trinajstić information content (AvgIpc) is 3.11. The van der Waals surface area contributed by atoms with Gasteiger partial charge >= 0.3 is 0 Å². The van der Waals surface area contributed by atoms with Crippen LogP contribution in [0.25, 0.3) is 11.3 Å². The number of anilines is 3. The quantitative estimate of drug-likeness (QED) is 0.706. The van der Waals surface area contributed by atoms with Gasteiger partial charge < -0.3 is 15.1 Å². The van der Waals surface area contributed by atoms with Gasteiger partial charge in [0.25, 0.3) is 0 Å². The Kier molecular flexibility index (Phi) is 4.71. The molecule has 1 fully saturated rings. The maximum atomic E-state index is 11.6. The summed E-state index contributed by atoms with van der Waals surface area (Å²) in [4.78, 5) is 24.4. The van der Waals surface area contributed by atoms with Gasteiger partial charge in [-0.25, -0.2) is 14.6 Å². The molecule has 1 aliphatic rings. The Morgan fingerprint density at radius 2 is 1.78 bits per heavy atom. The van der Waals surface area contributed by atoms with E-state index in [1.165, 1.54) is 0 Å². The molecule has 0 radical (unpaired) electrons. The minimum absolute atomic E-state index is 0.0612. The molecule has 9 nitrogen and oxygen atoms in total. The van der Waals surface area contributed by atoms with Crippen molar-refractivity contribution in [3.05, 3.63) is 28.2 Å². The van der Waals surface area contributed by atoms with Gasteiger partial charge in [0.05, 0.1) is 10.0 Å². The highest BCUT2D eigenvalue weighted by Gasteiger charge is 2.24. The van der Waals surface area contributed by atoms with Crippen LogP contribution < -0.4 is 10.2 Å². The van der Waals surface area contributed by atoms with Crippen LogP contribution in [0.2, 0.25) is 10.0 Å². The van der Waals surface area contributed by atoms with Crippen molar-refractivity contribution < 1.29 is 9.42 Å². The molecule has 11 heteroatoms. The molecule has 0 unspecified atom stereocenters. The SMILES string of the molecule is CC(=O)N1CCN(c2nc3nonc3nc2Nc2ccc(Cl)c(Cl)c2)CC1. The molecule has 1 saturated heterocycles. The Hall–Kier alpha value is -2.65. The number of nitrogens with zero attached hydrogens (tertiary/aromatic N) is 6. The lowest BCUT2D eigenvalue weighted by atomic mass is 10.3. The van der Waals surface area contributed by atoms with Crippen LogP contribution in [-0.2, 0) is 4.79 Å². The highest BCUT2D eigenvalue weighted by Crippen LogP contribution is 2.30. The van der Waals surface area contributed by atoms with Gasteiger partial charge in [-0.2, -0.15) is 0 Å². The van der Waals surface area contributed by atoms with E-state index in [4.69, 9.17) is 27.8 Å². The fraction of sp³-hybridized carbons (Fsp3) is 0.312. The number of benzene rings is 1. The van der Waals surface area contributed by atoms with Crippen molar-refractivity contribution in [2.24, 2.45) is 0 Å². The summed E-state index contributed by atoms with van der Waals surface area (Å²) in [6.45, 7) is 4.04. The number of amides is 1. The van der Waals surface area contributed by atoms with Gasteiger partial charge in [0, 0.05) is 38.8 Å². The van der Waals surface area contributed by atoms with E-state index in [0.717, 1.165) is 0 Å². The van der Waals surface area contributed by atoms with Crippen LogP contribution in [0.1, 0.15) is 6.92 Å². The first-order chi connectivity index (χ1) is 13.0. The van der Waals surface area contributed by atoms with E-state index in [9.17, 15) is 4.79 Å². The Morgan fingerprint density at radius 1 is 1.07 bits per heavy atom. The Bertz CT molecular complexity index is 1000. The number of hydrogen-bond donors (Lipinski definition) is 1. The van der Waals surface area contributed by atoms with Crippen molar-refractivity contribution in [3.63, 3.8) is 0 Å². The second kappa shape index (κ2) is 7.16. The lowest BCUT2D eigenvalue weighted by molar-refractivity contribution is -0.129. The monoisotopic (exact) mass is 407 g/mol. The topological polar surface area (TPSA) is 100 Å². The molecule has 2 aromatic heterocycles. The summed E-state index contributed by atoms with van der Waals surface area (Å²) in [6.07, 6.45) is 0. The fourth-order valence-electron chi connectivity index (χ4n) is 2.88. The molecule has 3 aromatic rings. The number of piperazine rings is 1. The molecule has 0 bridgehead atoms. The van der Waals surface area contributed by atoms with Crippen molar-refractivity contribution in [1.29, 1.82) is 0 Å². The molecule has 3 heterocycles. The average molecular weight is 408 g/mol. The molecule has 0 spiro atoms. The van der Waals surface area contributed by atoms with Crippen LogP contribution in [0, 0.1) is 0 Å². The van der Waals surface area contributed by atoms with Crippen LogP contribution in [-0.4, -0.2) is 57.3 Å². The minimum Gasteiger partial charge on any atom is -0.350 e. The summed E-state index contributed by atoms with van der Waals surface area (Å²) in [5.74, 6) is 1.16. The van der Waals surface area contributed by atoms with Crippen molar-refractivity contribution in [2.75, 3.05) is 36.4 Å². The van der Waals surface area contributed by atoms with Crippen molar-refractivity contribution in [2.45, 2.75) is 6.92 Å². The zero-order chi connectivity index (χ0) is 19.0. The van der Waals surface area contributed by atoms with Crippen molar-refractivity contribution in [3.8, 4) is 0 Å². The largest absolute Gasteiger partial charge is 0.350 e. The summed E-state index contributed by atoms with van der Waals surface area (Å²) in [5, 5.41) is 11.6. The first-order valence-electron chi connectivity index (χ1n) is 8.24. The first kappa shape index (κ1) is 17.7. The summed E-state index contributed by atoms with van der Waals surface area (Å²) in [6, 6.07) is 5.19. The minimum atomic E-state index is 0.0612. The number of carbonyl (C=O) groups excluding carboxylic acids is 1. The summed E-state index contributed by atoms with van der Waals surface area (Å²) in [5.41, 5.74) is 1.32. The maximum absolute atomic E-state index is 11.6. The molecular formula is C16H15Cl2N7O2. The molecular weight excluding hydrogens is 393 g/mol. The van der Waals surface area contributed by atoms with E-state index in [2.05, 4.69) is 25.6 Å². The molecule has 0 saturated carbocycles. The van der Waals surface area contributed by atoms with E-state index >= 15 is 0 Å². The van der Waals surface area contributed by atoms with Crippen LogP contribution in [0.15, 0.2) is 22.8 Å². The van der Waals surface area contributed by atoms with E-state index in [1.807, 2.05) is 4.90 Å².